The molecule has 0 aliphatic heterocycles. The van der Waals surface area contributed by atoms with Gasteiger partial charge in [0.1, 0.15) is 6.54 Å². The number of hydrogen-bond donors (Lipinski definition) is 1. The van der Waals surface area contributed by atoms with Gasteiger partial charge in [0, 0.05) is 18.7 Å². The molecule has 1 rings (SSSR count). The topological polar surface area (TPSA) is 75.7 Å². The summed E-state index contributed by atoms with van der Waals surface area (Å²) in [6.07, 6.45) is 0. The Bertz CT molecular complexity index is 677. The van der Waals surface area contributed by atoms with E-state index in [9.17, 15) is 14.4 Å². The minimum Gasteiger partial charge on any atom is -0.454 e. The zero-order chi connectivity index (χ0) is 19.0. The van der Waals surface area contributed by atoms with Crippen LogP contribution in [0, 0.1) is 0 Å². The van der Waals surface area contributed by atoms with Gasteiger partial charge < -0.3 is 15.0 Å². The van der Waals surface area contributed by atoms with E-state index >= 15 is 0 Å². The van der Waals surface area contributed by atoms with Crippen LogP contribution >= 0.6 is 23.2 Å². The molecule has 0 unspecified atom stereocenters. The van der Waals surface area contributed by atoms with Crippen LogP contribution in [0.5, 0.6) is 0 Å². The molecule has 0 fully saturated rings. The molecule has 0 saturated heterocycles. The number of carbonyl (C=O) groups excluding carboxylic acids is 3. The Hall–Kier alpha value is -2.05. The van der Waals surface area contributed by atoms with Crippen LogP contribution in [0.3, 0.4) is 0 Å². The maximum atomic E-state index is 11.9. The summed E-state index contributed by atoms with van der Waals surface area (Å²) in [5.41, 5.74) is 1.09. The number of nitrogens with zero attached hydrogens (tertiary/aromatic N) is 1. The third kappa shape index (κ3) is 7.15. The fourth-order valence-electron chi connectivity index (χ4n) is 1.88. The van der Waals surface area contributed by atoms with Crippen LogP contribution in [-0.2, 0) is 14.3 Å². The van der Waals surface area contributed by atoms with Crippen molar-refractivity contribution < 1.29 is 19.1 Å². The summed E-state index contributed by atoms with van der Waals surface area (Å²) < 4.78 is 4.88. The first-order valence-corrected chi connectivity index (χ1v) is 8.31. The number of esters is 1. The summed E-state index contributed by atoms with van der Waals surface area (Å²) in [5, 5.41) is 2.95. The van der Waals surface area contributed by atoms with Gasteiger partial charge in [-0.1, -0.05) is 35.4 Å². The first-order valence-electron chi connectivity index (χ1n) is 7.55. The second-order valence-corrected chi connectivity index (χ2v) is 6.15. The van der Waals surface area contributed by atoms with Gasteiger partial charge in [-0.2, -0.15) is 0 Å². The van der Waals surface area contributed by atoms with Gasteiger partial charge in [0.15, 0.2) is 6.61 Å². The van der Waals surface area contributed by atoms with Crippen LogP contribution in [0.1, 0.15) is 24.2 Å². The molecule has 0 saturated carbocycles. The van der Waals surface area contributed by atoms with E-state index in [-0.39, 0.29) is 29.6 Å². The van der Waals surface area contributed by atoms with E-state index in [4.69, 9.17) is 27.9 Å². The summed E-state index contributed by atoms with van der Waals surface area (Å²) >= 11 is 11.6. The molecule has 0 spiro atoms. The van der Waals surface area contributed by atoms with Crippen molar-refractivity contribution in [2.24, 2.45) is 0 Å². The smallest absolute Gasteiger partial charge is 0.325 e. The van der Waals surface area contributed by atoms with Crippen LogP contribution in [0.4, 0.5) is 0 Å². The Labute approximate surface area is 156 Å². The highest BCUT2D eigenvalue weighted by Crippen LogP contribution is 2.22. The quantitative estimate of drug-likeness (QED) is 0.550. The van der Waals surface area contributed by atoms with Gasteiger partial charge in [0.25, 0.3) is 11.8 Å². The lowest BCUT2D eigenvalue weighted by Gasteiger charge is -2.20. The van der Waals surface area contributed by atoms with E-state index in [1.54, 1.807) is 6.92 Å². The van der Waals surface area contributed by atoms with Gasteiger partial charge in [0.2, 0.25) is 0 Å². The normalized spacial score (nSPS) is 10.1. The number of likely N-dealkylation sites (N-methyl/N-ethyl adjacent to an activating group) is 1. The van der Waals surface area contributed by atoms with E-state index in [0.29, 0.717) is 18.1 Å². The molecule has 0 aliphatic rings. The summed E-state index contributed by atoms with van der Waals surface area (Å²) in [6, 6.07) is 4.36. The number of nitrogens with one attached hydrogen (secondary N) is 1. The zero-order valence-corrected chi connectivity index (χ0v) is 15.6. The van der Waals surface area contributed by atoms with E-state index < -0.39 is 11.9 Å². The molecule has 0 aromatic heterocycles. The SMILES string of the molecule is C=C(C)CN(CC)C(=O)COC(=O)CNC(=O)c1ccc(Cl)c(Cl)c1. The molecule has 0 atom stereocenters. The second-order valence-electron chi connectivity index (χ2n) is 5.34. The number of benzene rings is 1. The molecule has 1 aromatic rings. The predicted octanol–water partition coefficient (Wildman–Crippen LogP) is 2.69. The number of halogens is 2. The molecule has 8 heteroatoms. The van der Waals surface area contributed by atoms with E-state index in [1.807, 2.05) is 6.92 Å². The van der Waals surface area contributed by atoms with Crippen molar-refractivity contribution in [3.05, 3.63) is 46.0 Å². The van der Waals surface area contributed by atoms with Crippen molar-refractivity contribution >= 4 is 41.0 Å². The minimum atomic E-state index is -0.715. The maximum Gasteiger partial charge on any atom is 0.325 e. The van der Waals surface area contributed by atoms with Gasteiger partial charge in [-0.3, -0.25) is 14.4 Å². The van der Waals surface area contributed by atoms with Crippen molar-refractivity contribution in [1.82, 2.24) is 10.2 Å². The average Bonchev–Trinajstić information content (AvgIpc) is 2.57. The molecule has 2 amide bonds. The van der Waals surface area contributed by atoms with E-state index in [2.05, 4.69) is 11.9 Å². The van der Waals surface area contributed by atoms with Gasteiger partial charge in [-0.25, -0.2) is 0 Å². The lowest BCUT2D eigenvalue weighted by atomic mass is 10.2. The van der Waals surface area contributed by atoms with Crippen LogP contribution in [0.2, 0.25) is 10.0 Å². The average molecular weight is 387 g/mol. The molecular weight excluding hydrogens is 367 g/mol. The number of carbonyl (C=O) groups is 3. The van der Waals surface area contributed by atoms with Crippen LogP contribution in [0.25, 0.3) is 0 Å². The van der Waals surface area contributed by atoms with Crippen LogP contribution in [0.15, 0.2) is 30.4 Å². The lowest BCUT2D eigenvalue weighted by molar-refractivity contribution is -0.150. The first-order chi connectivity index (χ1) is 11.7. The maximum absolute atomic E-state index is 11.9. The van der Waals surface area contributed by atoms with Gasteiger partial charge in [-0.15, -0.1) is 0 Å². The lowest BCUT2D eigenvalue weighted by Crippen LogP contribution is -2.37. The summed E-state index contributed by atoms with van der Waals surface area (Å²) in [4.78, 5) is 37.0. The molecule has 1 N–H and O–H groups in total. The van der Waals surface area contributed by atoms with Crippen molar-refractivity contribution in [2.75, 3.05) is 26.2 Å². The van der Waals surface area contributed by atoms with Gasteiger partial charge in [-0.05, 0) is 32.0 Å². The zero-order valence-electron chi connectivity index (χ0n) is 14.1. The molecule has 25 heavy (non-hydrogen) atoms. The second kappa shape index (κ2) is 10.1. The van der Waals surface area contributed by atoms with E-state index in [0.717, 1.165) is 5.57 Å². The molecule has 136 valence electrons. The molecule has 0 bridgehead atoms. The minimum absolute atomic E-state index is 0.236. The fourth-order valence-corrected chi connectivity index (χ4v) is 2.18. The Morgan fingerprint density at radius 2 is 1.92 bits per heavy atom. The predicted molar refractivity (Wildman–Crippen MR) is 96.8 cm³/mol. The third-order valence-electron chi connectivity index (χ3n) is 3.13. The Morgan fingerprint density at radius 1 is 1.24 bits per heavy atom. The summed E-state index contributed by atoms with van der Waals surface area (Å²) in [5.74, 6) is -1.54. The first kappa shape index (κ1) is 21.0. The van der Waals surface area contributed by atoms with Crippen molar-refractivity contribution in [1.29, 1.82) is 0 Å². The number of ether oxygens (including phenoxy) is 1. The number of amides is 2. The highest BCUT2D eigenvalue weighted by atomic mass is 35.5. The molecule has 0 radical (unpaired) electrons. The monoisotopic (exact) mass is 386 g/mol. The van der Waals surface area contributed by atoms with Crippen molar-refractivity contribution in [3.63, 3.8) is 0 Å². The van der Waals surface area contributed by atoms with Crippen molar-refractivity contribution in [2.45, 2.75) is 13.8 Å². The third-order valence-corrected chi connectivity index (χ3v) is 3.87. The molecule has 6 nitrogen and oxygen atoms in total. The highest BCUT2D eigenvalue weighted by molar-refractivity contribution is 6.42. The van der Waals surface area contributed by atoms with Gasteiger partial charge in [0.05, 0.1) is 10.0 Å². The largest absolute Gasteiger partial charge is 0.454 e. The van der Waals surface area contributed by atoms with Crippen LogP contribution in [-0.4, -0.2) is 48.9 Å². The molecule has 0 heterocycles. The Morgan fingerprint density at radius 3 is 2.48 bits per heavy atom. The Balaban J connectivity index is 2.43. The highest BCUT2D eigenvalue weighted by Gasteiger charge is 2.15. The van der Waals surface area contributed by atoms with Crippen molar-refractivity contribution in [3.8, 4) is 0 Å². The number of rotatable bonds is 8. The van der Waals surface area contributed by atoms with Gasteiger partial charge >= 0.3 is 5.97 Å². The standard InChI is InChI=1S/C17H20Cl2N2O4/c1-4-21(9-11(2)3)15(22)10-25-16(23)8-20-17(24)12-5-6-13(18)14(19)7-12/h5-7H,2,4,8-10H2,1,3H3,(H,20,24). The summed E-state index contributed by atoms with van der Waals surface area (Å²) in [6.45, 7) is 7.51. The number of hydrogen-bond acceptors (Lipinski definition) is 4. The Kier molecular flexibility index (Phi) is 8.45. The van der Waals surface area contributed by atoms with Crippen LogP contribution < -0.4 is 5.32 Å². The van der Waals surface area contributed by atoms with E-state index in [1.165, 1.54) is 23.1 Å². The molecular formula is C17H20Cl2N2O4. The summed E-state index contributed by atoms with van der Waals surface area (Å²) in [7, 11) is 0. The molecule has 0 aliphatic carbocycles. The fraction of sp³-hybridized carbons (Fsp3) is 0.353. The molecule has 1 aromatic carbocycles.